The summed E-state index contributed by atoms with van der Waals surface area (Å²) in [6.07, 6.45) is -5.40. The molecule has 0 aliphatic heterocycles. The molecule has 0 aliphatic rings. The van der Waals surface area contributed by atoms with Crippen LogP contribution in [0.1, 0.15) is 6.42 Å². The predicted molar refractivity (Wildman–Crippen MR) is 23.5 cm³/mol. The Hall–Kier alpha value is -0.185. The van der Waals surface area contributed by atoms with Gasteiger partial charge in [0.2, 0.25) is 0 Å². The van der Waals surface area contributed by atoms with Gasteiger partial charge in [-0.2, -0.15) is 13.2 Å². The van der Waals surface area contributed by atoms with Crippen LogP contribution in [0.15, 0.2) is 0 Å². The van der Waals surface area contributed by atoms with Gasteiger partial charge in [0, 0.05) is 6.42 Å². The Morgan fingerprint density at radius 3 is 2.00 bits per heavy atom. The summed E-state index contributed by atoms with van der Waals surface area (Å²) >= 11 is 0. The normalized spacial score (nSPS) is 11.5. The van der Waals surface area contributed by atoms with Crippen LogP contribution in [-0.4, -0.2) is 18.7 Å². The molecule has 0 unspecified atom stereocenters. The third kappa shape index (κ3) is 5.81. The van der Waals surface area contributed by atoms with Gasteiger partial charge in [-0.3, -0.25) is 0 Å². The van der Waals surface area contributed by atoms with E-state index in [-0.39, 0.29) is 6.32 Å². The summed E-state index contributed by atoms with van der Waals surface area (Å²) in [5, 5.41) is 7.80. The van der Waals surface area contributed by atoms with Gasteiger partial charge in [0.1, 0.15) is 0 Å². The molecule has 1 nitrogen and oxygen atoms in total. The second-order valence-corrected chi connectivity index (χ2v) is 1.34. The zero-order valence-corrected chi connectivity index (χ0v) is 4.07. The van der Waals surface area contributed by atoms with Gasteiger partial charge in [0.25, 0.3) is 7.48 Å². The largest absolute Gasteiger partial charge is 0.454 e. The number of hydrogen-bond acceptors (Lipinski definition) is 1. The quantitative estimate of drug-likeness (QED) is 0.545. The maximum absolute atomic E-state index is 11.1. The van der Waals surface area contributed by atoms with Gasteiger partial charge in [-0.15, -0.1) is 0 Å². The van der Waals surface area contributed by atoms with Crippen LogP contribution in [0.2, 0.25) is 6.32 Å². The van der Waals surface area contributed by atoms with E-state index in [1.54, 1.807) is 0 Å². The highest BCUT2D eigenvalue weighted by atomic mass is 19.4. The Morgan fingerprint density at radius 1 is 1.38 bits per heavy atom. The molecule has 0 aromatic heterocycles. The minimum absolute atomic E-state index is 0.316. The fraction of sp³-hybridized carbons (Fsp3) is 1.00. The molecule has 0 fully saturated rings. The average molecular weight is 125 g/mol. The number of alkyl halides is 3. The van der Waals surface area contributed by atoms with Crippen molar-refractivity contribution in [3.05, 3.63) is 0 Å². The van der Waals surface area contributed by atoms with Crippen molar-refractivity contribution >= 4 is 7.48 Å². The smallest absolute Gasteiger partial charge is 0.388 e. The Bertz CT molecular complexity index is 62.0. The lowest BCUT2D eigenvalue weighted by molar-refractivity contribution is -0.130. The van der Waals surface area contributed by atoms with Crippen molar-refractivity contribution in [1.82, 2.24) is 0 Å². The molecule has 47 valence electrons. The molecule has 0 aromatic carbocycles. The van der Waals surface area contributed by atoms with Gasteiger partial charge in [-0.1, -0.05) is 0 Å². The molecule has 8 heavy (non-hydrogen) atoms. The van der Waals surface area contributed by atoms with Gasteiger partial charge in [0.15, 0.2) is 0 Å². The summed E-state index contributed by atoms with van der Waals surface area (Å²) in [5.74, 6) is 0. The van der Waals surface area contributed by atoms with E-state index in [2.05, 4.69) is 0 Å². The van der Waals surface area contributed by atoms with Gasteiger partial charge >= 0.3 is 6.18 Å². The Balaban J connectivity index is 3.11. The molecule has 0 bridgehead atoms. The molecular weight excluding hydrogens is 120 g/mol. The first kappa shape index (κ1) is 7.81. The Labute approximate surface area is 45.8 Å². The Morgan fingerprint density at radius 2 is 1.88 bits per heavy atom. The van der Waals surface area contributed by atoms with Gasteiger partial charge < -0.3 is 5.02 Å². The number of halogens is 3. The summed E-state index contributed by atoms with van der Waals surface area (Å²) in [7, 11) is 0.507. The molecular formula is C3H5BF3O. The summed E-state index contributed by atoms with van der Waals surface area (Å²) in [6, 6.07) is 0. The molecule has 0 aromatic rings. The SMILES string of the molecule is O[B]CCC(F)(F)F. The maximum atomic E-state index is 11.1. The van der Waals surface area contributed by atoms with Crippen LogP contribution in [0.5, 0.6) is 0 Å². The molecule has 0 aliphatic carbocycles. The monoisotopic (exact) mass is 125 g/mol. The molecule has 0 saturated carbocycles. The average Bonchev–Trinajstić information content (AvgIpc) is 1.59. The van der Waals surface area contributed by atoms with E-state index in [4.69, 9.17) is 5.02 Å². The van der Waals surface area contributed by atoms with E-state index in [1.807, 2.05) is 0 Å². The lowest BCUT2D eigenvalue weighted by Gasteiger charge is -2.01. The van der Waals surface area contributed by atoms with Gasteiger partial charge in [-0.05, 0) is 6.32 Å². The summed E-state index contributed by atoms with van der Waals surface area (Å²) in [6.45, 7) is 0. The van der Waals surface area contributed by atoms with Gasteiger partial charge in [0.05, 0.1) is 0 Å². The first-order valence-corrected chi connectivity index (χ1v) is 2.09. The topological polar surface area (TPSA) is 20.2 Å². The molecule has 1 N–H and O–H groups in total. The molecule has 0 rings (SSSR count). The van der Waals surface area contributed by atoms with E-state index < -0.39 is 12.6 Å². The first-order valence-electron chi connectivity index (χ1n) is 2.09. The van der Waals surface area contributed by atoms with Crippen molar-refractivity contribution in [2.45, 2.75) is 18.9 Å². The summed E-state index contributed by atoms with van der Waals surface area (Å²) < 4.78 is 33.3. The van der Waals surface area contributed by atoms with Crippen molar-refractivity contribution in [2.75, 3.05) is 0 Å². The Kier molecular flexibility index (Phi) is 2.90. The van der Waals surface area contributed by atoms with E-state index in [9.17, 15) is 13.2 Å². The molecule has 0 spiro atoms. The van der Waals surface area contributed by atoms with Crippen molar-refractivity contribution in [3.8, 4) is 0 Å². The molecule has 1 radical (unpaired) electrons. The molecule has 0 amide bonds. The number of hydrogen-bond donors (Lipinski definition) is 1. The lowest BCUT2D eigenvalue weighted by Crippen LogP contribution is -2.07. The molecule has 0 heterocycles. The summed E-state index contributed by atoms with van der Waals surface area (Å²) in [5.41, 5.74) is 0. The molecule has 5 heteroatoms. The first-order chi connectivity index (χ1) is 3.56. The van der Waals surface area contributed by atoms with E-state index in [1.165, 1.54) is 0 Å². The predicted octanol–water partition coefficient (Wildman–Crippen LogP) is 0.969. The van der Waals surface area contributed by atoms with Crippen molar-refractivity contribution < 1.29 is 18.2 Å². The molecule has 0 saturated heterocycles. The van der Waals surface area contributed by atoms with Crippen LogP contribution < -0.4 is 0 Å². The van der Waals surface area contributed by atoms with Gasteiger partial charge in [-0.25, -0.2) is 0 Å². The maximum Gasteiger partial charge on any atom is 0.388 e. The third-order valence-electron chi connectivity index (χ3n) is 0.557. The van der Waals surface area contributed by atoms with Crippen LogP contribution in [0.25, 0.3) is 0 Å². The third-order valence-corrected chi connectivity index (χ3v) is 0.557. The van der Waals surface area contributed by atoms with Crippen molar-refractivity contribution in [3.63, 3.8) is 0 Å². The lowest BCUT2D eigenvalue weighted by atomic mass is 9.94. The minimum Gasteiger partial charge on any atom is -0.454 e. The summed E-state index contributed by atoms with van der Waals surface area (Å²) in [4.78, 5) is 0. The van der Waals surface area contributed by atoms with E-state index in [0.29, 0.717) is 7.48 Å². The van der Waals surface area contributed by atoms with Crippen LogP contribution in [0, 0.1) is 0 Å². The van der Waals surface area contributed by atoms with Crippen LogP contribution in [-0.2, 0) is 0 Å². The zero-order chi connectivity index (χ0) is 6.62. The number of rotatable bonds is 2. The second-order valence-electron chi connectivity index (χ2n) is 1.34. The minimum atomic E-state index is -4.14. The van der Waals surface area contributed by atoms with Crippen LogP contribution in [0.3, 0.4) is 0 Å². The molecule has 0 atom stereocenters. The fourth-order valence-corrected chi connectivity index (χ4v) is 0.228. The van der Waals surface area contributed by atoms with E-state index >= 15 is 0 Å². The van der Waals surface area contributed by atoms with Crippen molar-refractivity contribution in [1.29, 1.82) is 0 Å². The fourth-order valence-electron chi connectivity index (χ4n) is 0.228. The highest BCUT2D eigenvalue weighted by molar-refractivity contribution is 6.25. The highest BCUT2D eigenvalue weighted by Crippen LogP contribution is 2.20. The van der Waals surface area contributed by atoms with E-state index in [0.717, 1.165) is 0 Å². The van der Waals surface area contributed by atoms with Crippen LogP contribution in [0.4, 0.5) is 13.2 Å². The highest BCUT2D eigenvalue weighted by Gasteiger charge is 2.25. The second kappa shape index (κ2) is 2.97. The zero-order valence-electron chi connectivity index (χ0n) is 4.07. The standard InChI is InChI=1S/C3H5BF3O/c5-3(6,7)1-2-4-8/h8H,1-2H2. The van der Waals surface area contributed by atoms with Crippen molar-refractivity contribution in [2.24, 2.45) is 0 Å². The van der Waals surface area contributed by atoms with Crippen LogP contribution >= 0.6 is 0 Å².